The van der Waals surface area contributed by atoms with Gasteiger partial charge < -0.3 is 9.64 Å². The number of carbonyl (C=O) groups is 1. The van der Waals surface area contributed by atoms with E-state index in [1.165, 1.54) is 5.56 Å². The average molecular weight is 268 g/mol. The van der Waals surface area contributed by atoms with Crippen LogP contribution in [0.4, 0.5) is 4.79 Å². The summed E-state index contributed by atoms with van der Waals surface area (Å²) in [6, 6.07) is 5.87. The largest absolute Gasteiger partial charge is 0.444 e. The zero-order valence-electron chi connectivity index (χ0n) is 11.0. The number of ether oxygens (including phenoxy) is 1. The molecule has 0 aliphatic carbocycles. The number of amides is 1. The minimum atomic E-state index is -0.460. The Bertz CT molecular complexity index is 465. The van der Waals surface area contributed by atoms with E-state index < -0.39 is 5.60 Å². The highest BCUT2D eigenvalue weighted by Gasteiger charge is 2.26. The lowest BCUT2D eigenvalue weighted by molar-refractivity contribution is 0.0224. The third-order valence-electron chi connectivity index (χ3n) is 2.87. The second-order valence-electron chi connectivity index (χ2n) is 5.53. The molecule has 0 saturated carbocycles. The molecule has 1 heterocycles. The molecule has 1 amide bonds. The predicted molar refractivity (Wildman–Crippen MR) is 71.8 cm³/mol. The van der Waals surface area contributed by atoms with Crippen LogP contribution in [0.15, 0.2) is 18.2 Å². The molecule has 3 nitrogen and oxygen atoms in total. The molecule has 1 aromatic rings. The third kappa shape index (κ3) is 2.96. The van der Waals surface area contributed by atoms with E-state index >= 15 is 0 Å². The first kappa shape index (κ1) is 13.2. The van der Waals surface area contributed by atoms with Gasteiger partial charge in [0.1, 0.15) is 5.60 Å². The molecule has 0 radical (unpaired) electrons. The van der Waals surface area contributed by atoms with Gasteiger partial charge >= 0.3 is 6.09 Å². The molecule has 0 N–H and O–H groups in total. The molecule has 1 aliphatic heterocycles. The van der Waals surface area contributed by atoms with Gasteiger partial charge in [-0.25, -0.2) is 4.79 Å². The lowest BCUT2D eigenvalue weighted by atomic mass is 10.0. The lowest BCUT2D eigenvalue weighted by Gasteiger charge is -2.31. The van der Waals surface area contributed by atoms with Crippen LogP contribution in [0.2, 0.25) is 5.02 Å². The monoisotopic (exact) mass is 267 g/mol. The summed E-state index contributed by atoms with van der Waals surface area (Å²) >= 11 is 6.17. The van der Waals surface area contributed by atoms with Gasteiger partial charge in [-0.15, -0.1) is 0 Å². The van der Waals surface area contributed by atoms with Crippen molar-refractivity contribution in [1.82, 2.24) is 4.90 Å². The SMILES string of the molecule is CC(C)(C)OC(=O)N1CCc2cccc(Cl)c2C1. The first-order valence-electron chi connectivity index (χ1n) is 6.11. The van der Waals surface area contributed by atoms with Crippen molar-refractivity contribution in [2.45, 2.75) is 39.3 Å². The van der Waals surface area contributed by atoms with Crippen molar-refractivity contribution >= 4 is 17.7 Å². The quantitative estimate of drug-likeness (QED) is 0.718. The number of hydrogen-bond donors (Lipinski definition) is 0. The van der Waals surface area contributed by atoms with Crippen LogP contribution in [-0.2, 0) is 17.7 Å². The fraction of sp³-hybridized carbons (Fsp3) is 0.500. The maximum atomic E-state index is 12.0. The Morgan fingerprint density at radius 3 is 2.78 bits per heavy atom. The van der Waals surface area contributed by atoms with Crippen LogP contribution in [-0.4, -0.2) is 23.1 Å². The van der Waals surface area contributed by atoms with Crippen molar-refractivity contribution < 1.29 is 9.53 Å². The summed E-state index contributed by atoms with van der Waals surface area (Å²) in [5.41, 5.74) is 1.80. The lowest BCUT2D eigenvalue weighted by Crippen LogP contribution is -2.39. The van der Waals surface area contributed by atoms with E-state index in [4.69, 9.17) is 16.3 Å². The average Bonchev–Trinajstić information content (AvgIpc) is 2.27. The van der Waals surface area contributed by atoms with E-state index in [0.717, 1.165) is 17.0 Å². The molecular formula is C14H18ClNO2. The fourth-order valence-corrected chi connectivity index (χ4v) is 2.28. The van der Waals surface area contributed by atoms with Crippen LogP contribution in [0.25, 0.3) is 0 Å². The van der Waals surface area contributed by atoms with Gasteiger partial charge in [-0.2, -0.15) is 0 Å². The number of fused-ring (bicyclic) bond motifs is 1. The van der Waals surface area contributed by atoms with E-state index in [1.54, 1.807) is 4.90 Å². The highest BCUT2D eigenvalue weighted by Crippen LogP contribution is 2.26. The van der Waals surface area contributed by atoms with Gasteiger partial charge in [0.05, 0.1) is 6.54 Å². The Hall–Kier alpha value is -1.22. The number of nitrogens with zero attached hydrogens (tertiary/aromatic N) is 1. The minimum Gasteiger partial charge on any atom is -0.444 e. The van der Waals surface area contributed by atoms with Crippen LogP contribution < -0.4 is 0 Å². The summed E-state index contributed by atoms with van der Waals surface area (Å²) in [5.74, 6) is 0. The van der Waals surface area contributed by atoms with Gasteiger partial charge in [0, 0.05) is 11.6 Å². The van der Waals surface area contributed by atoms with E-state index in [0.29, 0.717) is 13.1 Å². The molecule has 1 aliphatic rings. The van der Waals surface area contributed by atoms with Gasteiger partial charge in [0.25, 0.3) is 0 Å². The van der Waals surface area contributed by atoms with Crippen LogP contribution in [0.1, 0.15) is 31.9 Å². The Morgan fingerprint density at radius 2 is 2.11 bits per heavy atom. The van der Waals surface area contributed by atoms with Crippen molar-refractivity contribution in [1.29, 1.82) is 0 Å². The first-order chi connectivity index (χ1) is 8.37. The molecule has 0 bridgehead atoms. The summed E-state index contributed by atoms with van der Waals surface area (Å²) in [7, 11) is 0. The van der Waals surface area contributed by atoms with Crippen LogP contribution in [0, 0.1) is 0 Å². The smallest absolute Gasteiger partial charge is 0.410 e. The summed E-state index contributed by atoms with van der Waals surface area (Å²) in [4.78, 5) is 13.7. The van der Waals surface area contributed by atoms with Gasteiger partial charge in [-0.3, -0.25) is 0 Å². The molecule has 0 saturated heterocycles. The molecule has 0 spiro atoms. The highest BCUT2D eigenvalue weighted by molar-refractivity contribution is 6.31. The second kappa shape index (κ2) is 4.81. The normalized spacial score (nSPS) is 15.2. The summed E-state index contributed by atoms with van der Waals surface area (Å²) in [5, 5.41) is 0.723. The Kier molecular flexibility index (Phi) is 3.53. The first-order valence-corrected chi connectivity index (χ1v) is 6.49. The fourth-order valence-electron chi connectivity index (χ4n) is 2.02. The van der Waals surface area contributed by atoms with Crippen molar-refractivity contribution in [3.8, 4) is 0 Å². The Balaban J connectivity index is 2.12. The molecular weight excluding hydrogens is 250 g/mol. The third-order valence-corrected chi connectivity index (χ3v) is 3.22. The number of carbonyl (C=O) groups excluding carboxylic acids is 1. The van der Waals surface area contributed by atoms with Crippen molar-refractivity contribution in [3.63, 3.8) is 0 Å². The van der Waals surface area contributed by atoms with Crippen LogP contribution in [0.5, 0.6) is 0 Å². The number of hydrogen-bond acceptors (Lipinski definition) is 2. The summed E-state index contributed by atoms with van der Waals surface area (Å²) in [6.07, 6.45) is 0.558. The zero-order valence-corrected chi connectivity index (χ0v) is 11.8. The molecule has 0 unspecified atom stereocenters. The van der Waals surface area contributed by atoms with Crippen molar-refractivity contribution in [2.75, 3.05) is 6.54 Å². The second-order valence-corrected chi connectivity index (χ2v) is 5.94. The van der Waals surface area contributed by atoms with Gasteiger partial charge in [0.15, 0.2) is 0 Å². The molecule has 4 heteroatoms. The predicted octanol–water partition coefficient (Wildman–Crippen LogP) is 3.63. The number of rotatable bonds is 0. The Labute approximate surface area is 113 Å². The van der Waals surface area contributed by atoms with Gasteiger partial charge in [0.2, 0.25) is 0 Å². The minimum absolute atomic E-state index is 0.270. The topological polar surface area (TPSA) is 29.5 Å². The zero-order chi connectivity index (χ0) is 13.3. The van der Waals surface area contributed by atoms with Crippen LogP contribution >= 0.6 is 11.6 Å². The molecule has 0 atom stereocenters. The molecule has 98 valence electrons. The van der Waals surface area contributed by atoms with E-state index in [2.05, 4.69) is 6.07 Å². The molecule has 2 rings (SSSR count). The number of halogens is 1. The van der Waals surface area contributed by atoms with Crippen LogP contribution in [0.3, 0.4) is 0 Å². The maximum Gasteiger partial charge on any atom is 0.410 e. The van der Waals surface area contributed by atoms with E-state index in [9.17, 15) is 4.79 Å². The molecule has 0 aromatic heterocycles. The molecule has 18 heavy (non-hydrogen) atoms. The summed E-state index contributed by atoms with van der Waals surface area (Å²) in [6.45, 7) is 6.83. The Morgan fingerprint density at radius 1 is 1.39 bits per heavy atom. The van der Waals surface area contributed by atoms with Crippen molar-refractivity contribution in [3.05, 3.63) is 34.3 Å². The van der Waals surface area contributed by atoms with Gasteiger partial charge in [-0.1, -0.05) is 23.7 Å². The van der Waals surface area contributed by atoms with Crippen molar-refractivity contribution in [2.24, 2.45) is 0 Å². The maximum absolute atomic E-state index is 12.0. The summed E-state index contributed by atoms with van der Waals surface area (Å²) < 4.78 is 5.38. The molecule has 1 aromatic carbocycles. The highest BCUT2D eigenvalue weighted by atomic mass is 35.5. The van der Waals surface area contributed by atoms with Gasteiger partial charge in [-0.05, 0) is 44.4 Å². The van der Waals surface area contributed by atoms with E-state index in [-0.39, 0.29) is 6.09 Å². The van der Waals surface area contributed by atoms with E-state index in [1.807, 2.05) is 32.9 Å². The molecule has 0 fully saturated rings. The number of benzene rings is 1. The standard InChI is InChI=1S/C14H18ClNO2/c1-14(2,3)18-13(17)16-8-7-10-5-4-6-12(15)11(10)9-16/h4-6H,7-9H2,1-3H3.